The van der Waals surface area contributed by atoms with E-state index in [1.54, 1.807) is 0 Å². The smallest absolute Gasteiger partial charge is 0.0614 e. The minimum atomic E-state index is 0.167. The number of aliphatic hydroxyl groups is 2. The van der Waals surface area contributed by atoms with E-state index >= 15 is 0 Å². The fraction of sp³-hybridized carbons (Fsp3) is 0.840. The summed E-state index contributed by atoms with van der Waals surface area (Å²) >= 11 is 0. The molecule has 1 atom stereocenters. The zero-order valence-corrected chi connectivity index (χ0v) is 20.4. The lowest BCUT2D eigenvalue weighted by Gasteiger charge is -2.09. The second-order valence-corrected chi connectivity index (χ2v) is 10.00. The molecule has 0 saturated carbocycles. The number of hydrogen-bond donors (Lipinski definition) is 2. The maximum absolute atomic E-state index is 8.65. The average molecular weight is 385 g/mol. The number of aliphatic hydroxyl groups excluding tert-OH is 2. The van der Waals surface area contributed by atoms with Crippen molar-refractivity contribution in [3.05, 3.63) is 23.3 Å². The highest BCUT2D eigenvalue weighted by atomic mass is 16.3. The SMILES string of the molecule is CC(C)(C)C.CC(C)=CCC/C(C)=C/CO.CC(C)CCCC(C)CCO. The van der Waals surface area contributed by atoms with E-state index in [-0.39, 0.29) is 6.61 Å². The lowest BCUT2D eigenvalue weighted by Crippen LogP contribution is -1.98. The number of hydrogen-bond acceptors (Lipinski definition) is 2. The molecule has 0 saturated heterocycles. The monoisotopic (exact) mass is 384 g/mol. The molecule has 27 heavy (non-hydrogen) atoms. The number of rotatable bonds is 10. The average Bonchev–Trinajstić information content (AvgIpc) is 2.46. The van der Waals surface area contributed by atoms with Crippen LogP contribution in [-0.2, 0) is 0 Å². The summed E-state index contributed by atoms with van der Waals surface area (Å²) in [6.45, 7) is 22.3. The quantitative estimate of drug-likeness (QED) is 0.381. The van der Waals surface area contributed by atoms with Gasteiger partial charge >= 0.3 is 0 Å². The van der Waals surface area contributed by atoms with Crippen molar-refractivity contribution in [3.63, 3.8) is 0 Å². The van der Waals surface area contributed by atoms with E-state index < -0.39 is 0 Å². The van der Waals surface area contributed by atoms with E-state index in [2.05, 4.69) is 75.3 Å². The van der Waals surface area contributed by atoms with E-state index in [0.717, 1.165) is 25.2 Å². The molecule has 0 heterocycles. The second kappa shape index (κ2) is 20.1. The molecule has 0 bridgehead atoms. The first-order chi connectivity index (χ1) is 12.3. The third kappa shape index (κ3) is 45.9. The Morgan fingerprint density at radius 1 is 0.852 bits per heavy atom. The largest absolute Gasteiger partial charge is 0.396 e. The summed E-state index contributed by atoms with van der Waals surface area (Å²) in [5.41, 5.74) is 3.13. The third-order valence-electron chi connectivity index (χ3n) is 3.63. The van der Waals surface area contributed by atoms with Crippen LogP contribution in [0.5, 0.6) is 0 Å². The highest BCUT2D eigenvalue weighted by molar-refractivity contribution is 5.01. The molecule has 2 nitrogen and oxygen atoms in total. The van der Waals surface area contributed by atoms with Crippen LogP contribution < -0.4 is 0 Å². The van der Waals surface area contributed by atoms with Gasteiger partial charge in [-0.15, -0.1) is 0 Å². The molecule has 0 amide bonds. The normalized spacial score (nSPS) is 12.6. The highest BCUT2D eigenvalue weighted by Gasteiger charge is 2.01. The Morgan fingerprint density at radius 3 is 1.74 bits per heavy atom. The van der Waals surface area contributed by atoms with Gasteiger partial charge in [0.2, 0.25) is 0 Å². The topological polar surface area (TPSA) is 40.5 Å². The van der Waals surface area contributed by atoms with Gasteiger partial charge in [0.05, 0.1) is 6.61 Å². The molecule has 164 valence electrons. The van der Waals surface area contributed by atoms with Gasteiger partial charge in [0.15, 0.2) is 0 Å². The molecule has 2 N–H and O–H groups in total. The first kappa shape index (κ1) is 31.1. The van der Waals surface area contributed by atoms with Crippen LogP contribution in [0.3, 0.4) is 0 Å². The molecule has 0 aromatic carbocycles. The van der Waals surface area contributed by atoms with Gasteiger partial charge in [0, 0.05) is 6.61 Å². The molecule has 0 aliphatic heterocycles. The highest BCUT2D eigenvalue weighted by Crippen LogP contribution is 2.14. The molecule has 0 aliphatic carbocycles. The van der Waals surface area contributed by atoms with Crippen molar-refractivity contribution in [3.8, 4) is 0 Å². The maximum atomic E-state index is 8.65. The predicted molar refractivity (Wildman–Crippen MR) is 124 cm³/mol. The van der Waals surface area contributed by atoms with Crippen LogP contribution in [0.4, 0.5) is 0 Å². The Morgan fingerprint density at radius 2 is 1.37 bits per heavy atom. The first-order valence-corrected chi connectivity index (χ1v) is 10.8. The van der Waals surface area contributed by atoms with Gasteiger partial charge in [-0.25, -0.2) is 0 Å². The molecule has 0 rings (SSSR count). The Balaban J connectivity index is -0.000000344. The van der Waals surface area contributed by atoms with Crippen molar-refractivity contribution in [1.82, 2.24) is 0 Å². The number of allylic oxidation sites excluding steroid dienone is 3. The lowest BCUT2D eigenvalue weighted by atomic mass is 9.98. The summed E-state index contributed by atoms with van der Waals surface area (Å²) in [7, 11) is 0. The Labute approximate surface area is 172 Å². The van der Waals surface area contributed by atoms with Crippen molar-refractivity contribution in [2.24, 2.45) is 17.3 Å². The summed E-state index contributed by atoms with van der Waals surface area (Å²) in [5, 5.41) is 17.2. The maximum Gasteiger partial charge on any atom is 0.0614 e. The standard InChI is InChI=1S/C10H22O.C10H18O.C5H12/c2*1-9(2)5-4-6-10(3)7-8-11;1-5(2,3)4/h9-11H,4-8H2,1-3H3;5,7,11H,4,6,8H2,1-3H3;1-4H3/b;10-7+;. The van der Waals surface area contributed by atoms with Crippen molar-refractivity contribution in [2.75, 3.05) is 13.2 Å². The second-order valence-electron chi connectivity index (χ2n) is 10.00. The fourth-order valence-electron chi connectivity index (χ4n) is 2.09. The van der Waals surface area contributed by atoms with Gasteiger partial charge in [0.1, 0.15) is 0 Å². The molecule has 0 aromatic rings. The van der Waals surface area contributed by atoms with E-state index in [0.29, 0.717) is 17.9 Å². The minimum absolute atomic E-state index is 0.167. The molecular formula is C25H52O2. The van der Waals surface area contributed by atoms with Crippen LogP contribution in [0.15, 0.2) is 23.3 Å². The van der Waals surface area contributed by atoms with Crippen molar-refractivity contribution >= 4 is 0 Å². The van der Waals surface area contributed by atoms with Crippen LogP contribution in [0.2, 0.25) is 0 Å². The van der Waals surface area contributed by atoms with Gasteiger partial charge in [-0.2, -0.15) is 0 Å². The zero-order chi connectivity index (χ0) is 21.9. The van der Waals surface area contributed by atoms with E-state index in [1.807, 2.05) is 6.08 Å². The van der Waals surface area contributed by atoms with Crippen molar-refractivity contribution < 1.29 is 10.2 Å². The Kier molecular flexibility index (Phi) is 23.2. The Hall–Kier alpha value is -0.600. The van der Waals surface area contributed by atoms with Gasteiger partial charge in [0.25, 0.3) is 0 Å². The van der Waals surface area contributed by atoms with Crippen LogP contribution in [0.1, 0.15) is 108 Å². The molecule has 0 aromatic heterocycles. The predicted octanol–water partition coefficient (Wildman–Crippen LogP) is 7.56. The van der Waals surface area contributed by atoms with Crippen molar-refractivity contribution in [2.45, 2.75) is 108 Å². The zero-order valence-electron chi connectivity index (χ0n) is 20.4. The van der Waals surface area contributed by atoms with Gasteiger partial charge in [-0.1, -0.05) is 91.0 Å². The summed E-state index contributed by atoms with van der Waals surface area (Å²) < 4.78 is 0. The van der Waals surface area contributed by atoms with Crippen molar-refractivity contribution in [1.29, 1.82) is 0 Å². The summed E-state index contributed by atoms with van der Waals surface area (Å²) in [4.78, 5) is 0. The molecule has 0 radical (unpaired) electrons. The van der Waals surface area contributed by atoms with Gasteiger partial charge in [-0.3, -0.25) is 0 Å². The first-order valence-electron chi connectivity index (χ1n) is 10.8. The molecule has 0 fully saturated rings. The summed E-state index contributed by atoms with van der Waals surface area (Å²) in [6, 6.07) is 0. The third-order valence-corrected chi connectivity index (χ3v) is 3.63. The summed E-state index contributed by atoms with van der Waals surface area (Å²) in [6.07, 6.45) is 11.1. The molecule has 0 aliphatic rings. The van der Waals surface area contributed by atoms with E-state index in [1.165, 1.54) is 30.4 Å². The van der Waals surface area contributed by atoms with Crippen LogP contribution in [0, 0.1) is 17.3 Å². The lowest BCUT2D eigenvalue weighted by molar-refractivity contribution is 0.255. The van der Waals surface area contributed by atoms with E-state index in [4.69, 9.17) is 10.2 Å². The molecular weight excluding hydrogens is 332 g/mol. The van der Waals surface area contributed by atoms with Gasteiger partial charge in [-0.05, 0) is 57.3 Å². The summed E-state index contributed by atoms with van der Waals surface area (Å²) in [5.74, 6) is 1.54. The molecule has 1 unspecified atom stereocenters. The Bertz CT molecular complexity index is 349. The fourth-order valence-corrected chi connectivity index (χ4v) is 2.09. The molecule has 2 heteroatoms. The van der Waals surface area contributed by atoms with Crippen LogP contribution in [-0.4, -0.2) is 23.4 Å². The van der Waals surface area contributed by atoms with Crippen LogP contribution in [0.25, 0.3) is 0 Å². The molecule has 0 spiro atoms. The van der Waals surface area contributed by atoms with Crippen LogP contribution >= 0.6 is 0 Å². The van der Waals surface area contributed by atoms with E-state index in [9.17, 15) is 0 Å². The minimum Gasteiger partial charge on any atom is -0.396 e. The van der Waals surface area contributed by atoms with Gasteiger partial charge < -0.3 is 10.2 Å².